The van der Waals surface area contributed by atoms with Gasteiger partial charge in [-0.1, -0.05) is 32.9 Å². The summed E-state index contributed by atoms with van der Waals surface area (Å²) >= 11 is 0. The maximum Gasteiger partial charge on any atom is 0.225 e. The molecule has 0 unspecified atom stereocenters. The summed E-state index contributed by atoms with van der Waals surface area (Å²) in [5.41, 5.74) is 1.25. The predicted octanol–water partition coefficient (Wildman–Crippen LogP) is 3.61. The van der Waals surface area contributed by atoms with Gasteiger partial charge in [-0.05, 0) is 56.2 Å². The zero-order valence-corrected chi connectivity index (χ0v) is 19.2. The molecule has 1 amide bonds. The molecule has 1 heterocycles. The first-order chi connectivity index (χ1) is 14.6. The van der Waals surface area contributed by atoms with E-state index in [1.807, 2.05) is 17.0 Å². The molecule has 0 saturated carbocycles. The van der Waals surface area contributed by atoms with Crippen LogP contribution < -0.4 is 15.4 Å². The van der Waals surface area contributed by atoms with Crippen molar-refractivity contribution in [1.29, 1.82) is 0 Å². The Morgan fingerprint density at radius 2 is 1.97 bits per heavy atom. The minimum atomic E-state index is 0.176. The highest BCUT2D eigenvalue weighted by Crippen LogP contribution is 2.17. The second-order valence-electron chi connectivity index (χ2n) is 8.00. The summed E-state index contributed by atoms with van der Waals surface area (Å²) < 4.78 is 5.71. The van der Waals surface area contributed by atoms with Crippen LogP contribution in [-0.4, -0.2) is 56.1 Å². The molecular weight excluding hydrogens is 376 g/mol. The molecule has 1 aliphatic heterocycles. The van der Waals surface area contributed by atoms with Gasteiger partial charge in [0.15, 0.2) is 5.96 Å². The lowest BCUT2D eigenvalue weighted by molar-refractivity contribution is -0.136. The Morgan fingerprint density at radius 1 is 1.23 bits per heavy atom. The van der Waals surface area contributed by atoms with Gasteiger partial charge in [-0.25, -0.2) is 0 Å². The second kappa shape index (κ2) is 13.1. The van der Waals surface area contributed by atoms with Crippen molar-refractivity contribution in [1.82, 2.24) is 15.5 Å². The van der Waals surface area contributed by atoms with Gasteiger partial charge in [0.1, 0.15) is 5.75 Å². The van der Waals surface area contributed by atoms with Crippen LogP contribution in [0.5, 0.6) is 5.75 Å². The smallest absolute Gasteiger partial charge is 0.225 e. The molecule has 6 nitrogen and oxygen atoms in total. The van der Waals surface area contributed by atoms with E-state index >= 15 is 0 Å². The Kier molecular flexibility index (Phi) is 10.5. The minimum Gasteiger partial charge on any atom is -0.494 e. The maximum atomic E-state index is 12.6. The van der Waals surface area contributed by atoms with Gasteiger partial charge in [-0.2, -0.15) is 0 Å². The number of piperidine rings is 1. The number of carbonyl (C=O) groups excluding carboxylic acids is 1. The number of aliphatic imine (C=N–C) groups is 1. The van der Waals surface area contributed by atoms with Crippen molar-refractivity contribution < 1.29 is 9.53 Å². The first kappa shape index (κ1) is 24.0. The summed E-state index contributed by atoms with van der Waals surface area (Å²) in [6.45, 7) is 9.53. The molecule has 2 rings (SSSR count). The topological polar surface area (TPSA) is 66.0 Å². The number of benzene rings is 1. The fourth-order valence-corrected chi connectivity index (χ4v) is 3.86. The number of ether oxygens (including phenoxy) is 1. The number of hydrogen-bond donors (Lipinski definition) is 2. The highest BCUT2D eigenvalue weighted by Gasteiger charge is 2.26. The summed E-state index contributed by atoms with van der Waals surface area (Å²) in [7, 11) is 1.81. The number of hydrogen-bond acceptors (Lipinski definition) is 3. The molecule has 0 aromatic heterocycles. The van der Waals surface area contributed by atoms with E-state index in [4.69, 9.17) is 4.74 Å². The standard InChI is InChI=1S/C24H40N4O2/c1-5-17-30-22-10-8-9-19(18-22)11-14-26-24(25-4)27-21-12-15-28(16-13-21)23(29)20(6-2)7-3/h8-10,18,20-21H,5-7,11-17H2,1-4H3,(H2,25,26,27). The van der Waals surface area contributed by atoms with Gasteiger partial charge >= 0.3 is 0 Å². The summed E-state index contributed by atoms with van der Waals surface area (Å²) in [6.07, 6.45) is 5.70. The zero-order valence-electron chi connectivity index (χ0n) is 19.2. The van der Waals surface area contributed by atoms with Crippen molar-refractivity contribution >= 4 is 11.9 Å². The van der Waals surface area contributed by atoms with Gasteiger partial charge in [0.2, 0.25) is 5.91 Å². The Morgan fingerprint density at radius 3 is 2.60 bits per heavy atom. The third kappa shape index (κ3) is 7.54. The van der Waals surface area contributed by atoms with Gasteiger partial charge in [-0.15, -0.1) is 0 Å². The second-order valence-corrected chi connectivity index (χ2v) is 8.00. The quantitative estimate of drug-likeness (QED) is 0.452. The number of carbonyl (C=O) groups is 1. The van der Waals surface area contributed by atoms with Crippen molar-refractivity contribution in [3.8, 4) is 5.75 Å². The van der Waals surface area contributed by atoms with Crippen LogP contribution in [0.4, 0.5) is 0 Å². The van der Waals surface area contributed by atoms with Crippen LogP contribution in [0.3, 0.4) is 0 Å². The lowest BCUT2D eigenvalue weighted by atomic mass is 9.98. The van der Waals surface area contributed by atoms with E-state index in [2.05, 4.69) is 48.5 Å². The number of rotatable bonds is 10. The summed E-state index contributed by atoms with van der Waals surface area (Å²) in [6, 6.07) is 8.65. The Hall–Kier alpha value is -2.24. The van der Waals surface area contributed by atoms with Crippen molar-refractivity contribution in [2.75, 3.05) is 33.3 Å². The Balaban J connectivity index is 1.73. The molecule has 30 heavy (non-hydrogen) atoms. The van der Waals surface area contributed by atoms with E-state index < -0.39 is 0 Å². The molecule has 0 aliphatic carbocycles. The van der Waals surface area contributed by atoms with Crippen LogP contribution in [0.25, 0.3) is 0 Å². The van der Waals surface area contributed by atoms with E-state index in [-0.39, 0.29) is 5.92 Å². The normalized spacial score (nSPS) is 15.4. The summed E-state index contributed by atoms with van der Waals surface area (Å²) in [4.78, 5) is 19.0. The van der Waals surface area contributed by atoms with Crippen LogP contribution in [0, 0.1) is 5.92 Å². The molecule has 0 spiro atoms. The number of likely N-dealkylation sites (tertiary alicyclic amines) is 1. The molecule has 168 valence electrons. The molecule has 1 aromatic rings. The van der Waals surface area contributed by atoms with Crippen molar-refractivity contribution in [2.24, 2.45) is 10.9 Å². The average Bonchev–Trinajstić information content (AvgIpc) is 2.78. The van der Waals surface area contributed by atoms with Crippen LogP contribution in [-0.2, 0) is 11.2 Å². The van der Waals surface area contributed by atoms with Crippen molar-refractivity contribution in [3.05, 3.63) is 29.8 Å². The Labute approximate surface area is 182 Å². The largest absolute Gasteiger partial charge is 0.494 e. The molecule has 1 aliphatic rings. The molecule has 0 atom stereocenters. The van der Waals surface area contributed by atoms with Crippen molar-refractivity contribution in [2.45, 2.75) is 65.3 Å². The molecule has 1 aromatic carbocycles. The van der Waals surface area contributed by atoms with Gasteiger partial charge in [0.25, 0.3) is 0 Å². The van der Waals surface area contributed by atoms with E-state index in [0.717, 1.165) is 76.5 Å². The molecule has 6 heteroatoms. The lowest BCUT2D eigenvalue weighted by Gasteiger charge is -2.34. The SMILES string of the molecule is CCCOc1cccc(CCNC(=NC)NC2CCN(C(=O)C(CC)CC)CC2)c1. The first-order valence-corrected chi connectivity index (χ1v) is 11.6. The third-order valence-corrected chi connectivity index (χ3v) is 5.78. The highest BCUT2D eigenvalue weighted by atomic mass is 16.5. The molecular formula is C24H40N4O2. The highest BCUT2D eigenvalue weighted by molar-refractivity contribution is 5.80. The van der Waals surface area contributed by atoms with Gasteiger partial charge in [0.05, 0.1) is 6.61 Å². The van der Waals surface area contributed by atoms with E-state index in [1.165, 1.54) is 5.56 Å². The van der Waals surface area contributed by atoms with Gasteiger partial charge in [-0.3, -0.25) is 9.79 Å². The average molecular weight is 417 g/mol. The monoisotopic (exact) mass is 416 g/mol. The molecule has 2 N–H and O–H groups in total. The predicted molar refractivity (Wildman–Crippen MR) is 124 cm³/mol. The molecule has 0 bridgehead atoms. The fourth-order valence-electron chi connectivity index (χ4n) is 3.86. The molecule has 0 radical (unpaired) electrons. The zero-order chi connectivity index (χ0) is 21.8. The number of nitrogens with zero attached hydrogens (tertiary/aromatic N) is 2. The summed E-state index contributed by atoms with van der Waals surface area (Å²) in [5, 5.41) is 6.94. The van der Waals surface area contributed by atoms with Crippen LogP contribution in [0.2, 0.25) is 0 Å². The van der Waals surface area contributed by atoms with Crippen LogP contribution >= 0.6 is 0 Å². The number of nitrogens with one attached hydrogen (secondary N) is 2. The number of guanidine groups is 1. The summed E-state index contributed by atoms with van der Waals surface area (Å²) in [5.74, 6) is 2.27. The number of amides is 1. The fraction of sp³-hybridized carbons (Fsp3) is 0.667. The maximum absolute atomic E-state index is 12.6. The van der Waals surface area contributed by atoms with Crippen molar-refractivity contribution in [3.63, 3.8) is 0 Å². The molecule has 1 saturated heterocycles. The van der Waals surface area contributed by atoms with Gasteiger partial charge < -0.3 is 20.3 Å². The lowest BCUT2D eigenvalue weighted by Crippen LogP contribution is -2.50. The van der Waals surface area contributed by atoms with Crippen LogP contribution in [0.15, 0.2) is 29.3 Å². The van der Waals surface area contributed by atoms with E-state index in [0.29, 0.717) is 11.9 Å². The molecule has 1 fully saturated rings. The van der Waals surface area contributed by atoms with Gasteiger partial charge in [0, 0.05) is 38.6 Å². The van der Waals surface area contributed by atoms with Crippen LogP contribution in [0.1, 0.15) is 58.4 Å². The first-order valence-electron chi connectivity index (χ1n) is 11.6. The Bertz CT molecular complexity index is 665. The van der Waals surface area contributed by atoms with E-state index in [9.17, 15) is 4.79 Å². The third-order valence-electron chi connectivity index (χ3n) is 5.78. The van der Waals surface area contributed by atoms with E-state index in [1.54, 1.807) is 7.05 Å². The minimum absolute atomic E-state index is 0.176.